The quantitative estimate of drug-likeness (QED) is 0.683. The van der Waals surface area contributed by atoms with Crippen molar-refractivity contribution in [1.29, 1.82) is 0 Å². The van der Waals surface area contributed by atoms with E-state index in [9.17, 15) is 4.79 Å². The highest BCUT2D eigenvalue weighted by atomic mass is 16.1. The molecule has 2 N–H and O–H groups in total. The first-order valence-corrected chi connectivity index (χ1v) is 10.1. The third-order valence-electron chi connectivity index (χ3n) is 5.00. The molecule has 0 bridgehead atoms. The Hall–Kier alpha value is -2.69. The Kier molecular flexibility index (Phi) is 6.45. The zero-order valence-corrected chi connectivity index (χ0v) is 17.1. The van der Waals surface area contributed by atoms with Gasteiger partial charge in [-0.1, -0.05) is 50.6 Å². The number of rotatable bonds is 6. The number of carbonyl (C=O) groups is 1. The van der Waals surface area contributed by atoms with Crippen molar-refractivity contribution in [2.75, 3.05) is 11.9 Å². The van der Waals surface area contributed by atoms with Crippen LogP contribution in [-0.2, 0) is 5.41 Å². The summed E-state index contributed by atoms with van der Waals surface area (Å²) in [5.41, 5.74) is 4.02. The van der Waals surface area contributed by atoms with Crippen LogP contribution in [0.2, 0.25) is 0 Å². The van der Waals surface area contributed by atoms with Crippen LogP contribution in [0.3, 0.4) is 0 Å². The number of anilines is 2. The second kappa shape index (κ2) is 9.00. The number of hydrogen-bond donors (Lipinski definition) is 2. The van der Waals surface area contributed by atoms with E-state index in [1.165, 1.54) is 36.6 Å². The molecule has 1 amide bonds. The van der Waals surface area contributed by atoms with E-state index in [4.69, 9.17) is 0 Å². The van der Waals surface area contributed by atoms with Crippen molar-refractivity contribution >= 4 is 17.4 Å². The fourth-order valence-corrected chi connectivity index (χ4v) is 3.45. The summed E-state index contributed by atoms with van der Waals surface area (Å²) in [6.45, 7) is 7.17. The Balaban J connectivity index is 1.58. The number of nitrogens with zero attached hydrogens (tertiary/aromatic N) is 2. The lowest BCUT2D eigenvalue weighted by Gasteiger charge is -2.23. The molecule has 0 fully saturated rings. The largest absolute Gasteiger partial charge is 0.350 e. The van der Waals surface area contributed by atoms with Crippen molar-refractivity contribution in [1.82, 2.24) is 15.3 Å². The monoisotopic (exact) mass is 378 g/mol. The Bertz CT molecular complexity index is 834. The average molecular weight is 379 g/mol. The van der Waals surface area contributed by atoms with E-state index in [0.29, 0.717) is 18.1 Å². The minimum Gasteiger partial charge on any atom is -0.350 e. The Morgan fingerprint density at radius 3 is 2.61 bits per heavy atom. The number of nitrogens with one attached hydrogen (secondary N) is 2. The number of benzene rings is 1. The molecule has 2 aromatic rings. The molecule has 1 aliphatic rings. The first-order valence-electron chi connectivity index (χ1n) is 10.1. The number of allylic oxidation sites excluding steroid dienone is 1. The van der Waals surface area contributed by atoms with Gasteiger partial charge >= 0.3 is 0 Å². The minimum absolute atomic E-state index is 0.0185. The van der Waals surface area contributed by atoms with Gasteiger partial charge in [0, 0.05) is 12.2 Å². The molecular weight excluding hydrogens is 348 g/mol. The lowest BCUT2D eigenvalue weighted by atomic mass is 9.86. The molecule has 5 nitrogen and oxygen atoms in total. The third kappa shape index (κ3) is 5.41. The van der Waals surface area contributed by atoms with Gasteiger partial charge in [-0.3, -0.25) is 4.79 Å². The maximum absolute atomic E-state index is 12.3. The predicted octanol–water partition coefficient (Wildman–Crippen LogP) is 5.14. The number of hydrogen-bond acceptors (Lipinski definition) is 4. The molecule has 5 heteroatoms. The SMILES string of the molecule is CC(C)(C)c1ccccc1Nc1cnc(C(=O)NCCC2=CCCCC2)cn1. The van der Waals surface area contributed by atoms with Gasteiger partial charge in [0.25, 0.3) is 5.91 Å². The zero-order chi connectivity index (χ0) is 20.0. The maximum atomic E-state index is 12.3. The molecule has 148 valence electrons. The molecule has 0 atom stereocenters. The van der Waals surface area contributed by atoms with Crippen LogP contribution in [0.25, 0.3) is 0 Å². The summed E-state index contributed by atoms with van der Waals surface area (Å²) in [5.74, 6) is 0.450. The average Bonchev–Trinajstić information content (AvgIpc) is 2.69. The van der Waals surface area contributed by atoms with Crippen LogP contribution in [-0.4, -0.2) is 22.4 Å². The van der Waals surface area contributed by atoms with E-state index in [0.717, 1.165) is 18.5 Å². The summed E-state index contributed by atoms with van der Waals surface area (Å²) in [6.07, 6.45) is 11.2. The molecule has 1 aliphatic carbocycles. The number of para-hydroxylation sites is 1. The highest BCUT2D eigenvalue weighted by Crippen LogP contribution is 2.30. The van der Waals surface area contributed by atoms with Crippen LogP contribution in [0.5, 0.6) is 0 Å². The summed E-state index contributed by atoms with van der Waals surface area (Å²) in [5, 5.41) is 6.26. The Morgan fingerprint density at radius 1 is 1.11 bits per heavy atom. The highest BCUT2D eigenvalue weighted by Gasteiger charge is 2.18. The summed E-state index contributed by atoms with van der Waals surface area (Å²) in [4.78, 5) is 20.9. The van der Waals surface area contributed by atoms with Crippen LogP contribution in [0.1, 0.15) is 68.9 Å². The maximum Gasteiger partial charge on any atom is 0.271 e. The van der Waals surface area contributed by atoms with E-state index in [-0.39, 0.29) is 11.3 Å². The molecule has 0 saturated heterocycles. The first-order chi connectivity index (χ1) is 13.4. The topological polar surface area (TPSA) is 66.9 Å². The molecule has 0 spiro atoms. The van der Waals surface area contributed by atoms with Gasteiger partial charge in [0.05, 0.1) is 12.4 Å². The minimum atomic E-state index is -0.175. The van der Waals surface area contributed by atoms with Crippen LogP contribution < -0.4 is 10.6 Å². The second-order valence-corrected chi connectivity index (χ2v) is 8.32. The van der Waals surface area contributed by atoms with Gasteiger partial charge in [-0.2, -0.15) is 0 Å². The normalized spacial score (nSPS) is 14.3. The van der Waals surface area contributed by atoms with E-state index >= 15 is 0 Å². The highest BCUT2D eigenvalue weighted by molar-refractivity contribution is 5.92. The molecule has 1 heterocycles. The first kappa shape index (κ1) is 20.1. The Labute approximate surface area is 167 Å². The van der Waals surface area contributed by atoms with Gasteiger partial charge in [0.15, 0.2) is 0 Å². The Morgan fingerprint density at radius 2 is 1.93 bits per heavy atom. The van der Waals surface area contributed by atoms with Crippen LogP contribution >= 0.6 is 0 Å². The summed E-state index contributed by atoms with van der Waals surface area (Å²) < 4.78 is 0. The smallest absolute Gasteiger partial charge is 0.271 e. The third-order valence-corrected chi connectivity index (χ3v) is 5.00. The van der Waals surface area contributed by atoms with Crippen molar-refractivity contribution in [2.45, 2.75) is 58.3 Å². The predicted molar refractivity (Wildman–Crippen MR) is 114 cm³/mol. The fourth-order valence-electron chi connectivity index (χ4n) is 3.45. The van der Waals surface area contributed by atoms with Crippen molar-refractivity contribution < 1.29 is 4.79 Å². The molecule has 0 radical (unpaired) electrons. The van der Waals surface area contributed by atoms with Crippen molar-refractivity contribution in [3.8, 4) is 0 Å². The van der Waals surface area contributed by atoms with Gasteiger partial charge in [-0.05, 0) is 49.1 Å². The number of amides is 1. The van der Waals surface area contributed by atoms with Gasteiger partial charge in [-0.25, -0.2) is 9.97 Å². The van der Waals surface area contributed by atoms with Crippen LogP contribution in [0, 0.1) is 0 Å². The van der Waals surface area contributed by atoms with Crippen molar-refractivity contribution in [3.63, 3.8) is 0 Å². The lowest BCUT2D eigenvalue weighted by Crippen LogP contribution is -2.26. The molecule has 0 aliphatic heterocycles. The second-order valence-electron chi connectivity index (χ2n) is 8.32. The molecule has 3 rings (SSSR count). The summed E-state index contributed by atoms with van der Waals surface area (Å²) in [6, 6.07) is 8.17. The van der Waals surface area contributed by atoms with E-state index < -0.39 is 0 Å². The number of carbonyl (C=O) groups excluding carboxylic acids is 1. The number of aromatic nitrogens is 2. The fraction of sp³-hybridized carbons (Fsp3) is 0.435. The summed E-state index contributed by atoms with van der Waals surface area (Å²) >= 11 is 0. The molecule has 0 unspecified atom stereocenters. The summed E-state index contributed by atoms with van der Waals surface area (Å²) in [7, 11) is 0. The van der Waals surface area contributed by atoms with E-state index in [2.05, 4.69) is 53.5 Å². The van der Waals surface area contributed by atoms with Crippen LogP contribution in [0.4, 0.5) is 11.5 Å². The van der Waals surface area contributed by atoms with Gasteiger partial charge in [0.2, 0.25) is 0 Å². The molecule has 1 aromatic heterocycles. The molecule has 28 heavy (non-hydrogen) atoms. The van der Waals surface area contributed by atoms with E-state index in [1.807, 2.05) is 18.2 Å². The zero-order valence-electron chi connectivity index (χ0n) is 17.1. The van der Waals surface area contributed by atoms with Crippen molar-refractivity contribution in [2.24, 2.45) is 0 Å². The molecular formula is C23H30N4O. The van der Waals surface area contributed by atoms with E-state index in [1.54, 1.807) is 6.20 Å². The van der Waals surface area contributed by atoms with Gasteiger partial charge < -0.3 is 10.6 Å². The van der Waals surface area contributed by atoms with Crippen molar-refractivity contribution in [3.05, 3.63) is 59.6 Å². The lowest BCUT2D eigenvalue weighted by molar-refractivity contribution is 0.0948. The van der Waals surface area contributed by atoms with Crippen LogP contribution in [0.15, 0.2) is 48.3 Å². The van der Waals surface area contributed by atoms with Gasteiger partial charge in [0.1, 0.15) is 11.5 Å². The standard InChI is InChI=1S/C23H30N4O/c1-23(2,3)18-11-7-8-12-19(18)27-21-16-25-20(15-26-21)22(28)24-14-13-17-9-5-4-6-10-17/h7-9,11-12,15-16H,4-6,10,13-14H2,1-3H3,(H,24,28)(H,26,27). The molecule has 0 saturated carbocycles. The molecule has 1 aromatic carbocycles. The van der Waals surface area contributed by atoms with Gasteiger partial charge in [-0.15, -0.1) is 0 Å².